The molecule has 1 aliphatic heterocycles. The summed E-state index contributed by atoms with van der Waals surface area (Å²) >= 11 is 3.73. The van der Waals surface area contributed by atoms with Crippen LogP contribution < -0.4 is 5.73 Å². The molecule has 0 bridgehead atoms. The Morgan fingerprint density at radius 1 is 1.33 bits per heavy atom. The lowest BCUT2D eigenvalue weighted by atomic mass is 10.2. The molecule has 2 rings (SSSR count). The molecule has 2 N–H and O–H groups in total. The molecule has 1 saturated heterocycles. The van der Waals surface area contributed by atoms with Gasteiger partial charge in [0.15, 0.2) is 5.96 Å². The number of thioether (sulfide) groups is 2. The molecule has 1 heterocycles. The second-order valence-corrected chi connectivity index (χ2v) is 6.23. The molecular weight excluding hydrogens is 262 g/mol. The van der Waals surface area contributed by atoms with Crippen molar-refractivity contribution in [1.29, 1.82) is 0 Å². The Labute approximate surface area is 117 Å². The maximum absolute atomic E-state index is 6.01. The van der Waals surface area contributed by atoms with Gasteiger partial charge in [0.1, 0.15) is 0 Å². The first-order chi connectivity index (χ1) is 8.79. The standard InChI is InChI=1S/C13H19N3S2/c1-17-12-4-2-11(3-5-12)10-15-13(14)16-6-8-18-9-7-16/h2-5H,6-10H2,1H3,(H2,14,15). The summed E-state index contributed by atoms with van der Waals surface area (Å²) < 4.78 is 0. The summed E-state index contributed by atoms with van der Waals surface area (Å²) in [6, 6.07) is 8.50. The quantitative estimate of drug-likeness (QED) is 0.524. The zero-order valence-corrected chi connectivity index (χ0v) is 12.3. The number of aliphatic imine (C=N–C) groups is 1. The van der Waals surface area contributed by atoms with Crippen LogP contribution in [0.15, 0.2) is 34.2 Å². The minimum absolute atomic E-state index is 0.671. The van der Waals surface area contributed by atoms with Gasteiger partial charge in [0.25, 0.3) is 0 Å². The SMILES string of the molecule is CSc1ccc(CN=C(N)N2CCSCC2)cc1. The maximum atomic E-state index is 6.01. The van der Waals surface area contributed by atoms with Crippen LogP contribution in [0.4, 0.5) is 0 Å². The number of nitrogens with zero attached hydrogens (tertiary/aromatic N) is 2. The third kappa shape index (κ3) is 3.85. The van der Waals surface area contributed by atoms with Crippen molar-refractivity contribution in [1.82, 2.24) is 4.90 Å². The lowest BCUT2D eigenvalue weighted by molar-refractivity contribution is 0.455. The van der Waals surface area contributed by atoms with Gasteiger partial charge in [0.2, 0.25) is 0 Å². The Morgan fingerprint density at radius 2 is 2.00 bits per heavy atom. The molecule has 0 saturated carbocycles. The molecule has 98 valence electrons. The summed E-state index contributed by atoms with van der Waals surface area (Å²) in [7, 11) is 0. The van der Waals surface area contributed by atoms with Crippen LogP contribution in [0.5, 0.6) is 0 Å². The molecule has 5 heteroatoms. The van der Waals surface area contributed by atoms with E-state index in [2.05, 4.69) is 40.4 Å². The molecule has 0 aliphatic carbocycles. The lowest BCUT2D eigenvalue weighted by Gasteiger charge is -2.27. The van der Waals surface area contributed by atoms with Gasteiger partial charge in [-0.3, -0.25) is 0 Å². The van der Waals surface area contributed by atoms with E-state index in [1.165, 1.54) is 10.5 Å². The van der Waals surface area contributed by atoms with Gasteiger partial charge in [-0.05, 0) is 24.0 Å². The average Bonchev–Trinajstić information content (AvgIpc) is 2.46. The fourth-order valence-corrected chi connectivity index (χ4v) is 3.11. The number of rotatable bonds is 3. The van der Waals surface area contributed by atoms with Crippen LogP contribution in [-0.2, 0) is 6.54 Å². The number of nitrogens with two attached hydrogens (primary N) is 1. The fourth-order valence-electron chi connectivity index (χ4n) is 1.80. The molecule has 1 fully saturated rings. The second kappa shape index (κ2) is 6.95. The summed E-state index contributed by atoms with van der Waals surface area (Å²) in [6.07, 6.45) is 2.08. The minimum Gasteiger partial charge on any atom is -0.370 e. The van der Waals surface area contributed by atoms with Crippen molar-refractivity contribution in [3.8, 4) is 0 Å². The lowest BCUT2D eigenvalue weighted by Crippen LogP contribution is -2.42. The predicted molar refractivity (Wildman–Crippen MR) is 82.4 cm³/mol. The highest BCUT2D eigenvalue weighted by atomic mass is 32.2. The van der Waals surface area contributed by atoms with Crippen LogP contribution in [0.2, 0.25) is 0 Å². The van der Waals surface area contributed by atoms with Crippen LogP contribution in [-0.4, -0.2) is 41.7 Å². The van der Waals surface area contributed by atoms with Gasteiger partial charge in [0, 0.05) is 29.5 Å². The number of hydrogen-bond acceptors (Lipinski definition) is 3. The molecule has 18 heavy (non-hydrogen) atoms. The van der Waals surface area contributed by atoms with Crippen LogP contribution in [0, 0.1) is 0 Å². The highest BCUT2D eigenvalue weighted by Crippen LogP contribution is 2.15. The Kier molecular flexibility index (Phi) is 5.26. The summed E-state index contributed by atoms with van der Waals surface area (Å²) in [5.41, 5.74) is 7.23. The summed E-state index contributed by atoms with van der Waals surface area (Å²) in [5, 5.41) is 0. The molecule has 0 unspecified atom stereocenters. The number of guanidine groups is 1. The zero-order valence-electron chi connectivity index (χ0n) is 10.6. The van der Waals surface area contributed by atoms with Gasteiger partial charge < -0.3 is 10.6 Å². The highest BCUT2D eigenvalue weighted by Gasteiger charge is 2.11. The number of benzene rings is 1. The van der Waals surface area contributed by atoms with Crippen molar-refractivity contribution < 1.29 is 0 Å². The predicted octanol–water partition coefficient (Wildman–Crippen LogP) is 2.27. The van der Waals surface area contributed by atoms with Crippen LogP contribution in [0.25, 0.3) is 0 Å². The Morgan fingerprint density at radius 3 is 2.61 bits per heavy atom. The molecule has 0 radical (unpaired) electrons. The molecule has 3 nitrogen and oxygen atoms in total. The first kappa shape index (κ1) is 13.6. The van der Waals surface area contributed by atoms with Gasteiger partial charge in [-0.25, -0.2) is 4.99 Å². The van der Waals surface area contributed by atoms with E-state index >= 15 is 0 Å². The molecule has 1 aromatic carbocycles. The smallest absolute Gasteiger partial charge is 0.191 e. The Bertz CT molecular complexity index is 397. The maximum Gasteiger partial charge on any atom is 0.191 e. The van der Waals surface area contributed by atoms with E-state index < -0.39 is 0 Å². The monoisotopic (exact) mass is 281 g/mol. The molecule has 0 atom stereocenters. The van der Waals surface area contributed by atoms with E-state index in [0.717, 1.165) is 24.6 Å². The topological polar surface area (TPSA) is 41.6 Å². The fraction of sp³-hybridized carbons (Fsp3) is 0.462. The average molecular weight is 281 g/mol. The van der Waals surface area contributed by atoms with Gasteiger partial charge in [0.05, 0.1) is 6.54 Å². The van der Waals surface area contributed by atoms with E-state index in [1.807, 2.05) is 11.8 Å². The van der Waals surface area contributed by atoms with Gasteiger partial charge in [-0.15, -0.1) is 11.8 Å². The van der Waals surface area contributed by atoms with Crippen molar-refractivity contribution in [2.75, 3.05) is 30.9 Å². The Balaban J connectivity index is 1.91. The van der Waals surface area contributed by atoms with Crippen LogP contribution in [0.3, 0.4) is 0 Å². The molecule has 0 aromatic heterocycles. The molecule has 0 amide bonds. The van der Waals surface area contributed by atoms with Gasteiger partial charge >= 0.3 is 0 Å². The molecule has 0 spiro atoms. The second-order valence-electron chi connectivity index (χ2n) is 4.12. The van der Waals surface area contributed by atoms with Crippen molar-refractivity contribution in [2.45, 2.75) is 11.4 Å². The number of hydrogen-bond donors (Lipinski definition) is 1. The first-order valence-corrected chi connectivity index (χ1v) is 8.43. The highest BCUT2D eigenvalue weighted by molar-refractivity contribution is 7.99. The van der Waals surface area contributed by atoms with Crippen molar-refractivity contribution in [2.24, 2.45) is 10.7 Å². The molecule has 1 aliphatic rings. The first-order valence-electron chi connectivity index (χ1n) is 6.05. The minimum atomic E-state index is 0.671. The summed E-state index contributed by atoms with van der Waals surface area (Å²) in [6.45, 7) is 2.71. The van der Waals surface area contributed by atoms with E-state index in [1.54, 1.807) is 11.8 Å². The van der Waals surface area contributed by atoms with Crippen LogP contribution in [0.1, 0.15) is 5.56 Å². The van der Waals surface area contributed by atoms with Gasteiger partial charge in [-0.2, -0.15) is 11.8 Å². The molecular formula is C13H19N3S2. The third-order valence-electron chi connectivity index (χ3n) is 2.92. The van der Waals surface area contributed by atoms with E-state index in [9.17, 15) is 0 Å². The van der Waals surface area contributed by atoms with Crippen molar-refractivity contribution >= 4 is 29.5 Å². The zero-order chi connectivity index (χ0) is 12.8. The van der Waals surface area contributed by atoms with Crippen molar-refractivity contribution in [3.63, 3.8) is 0 Å². The molecule has 1 aromatic rings. The van der Waals surface area contributed by atoms with E-state index in [-0.39, 0.29) is 0 Å². The normalized spacial score (nSPS) is 16.9. The van der Waals surface area contributed by atoms with E-state index in [4.69, 9.17) is 5.73 Å². The third-order valence-corrected chi connectivity index (χ3v) is 4.60. The van der Waals surface area contributed by atoms with Crippen LogP contribution >= 0.6 is 23.5 Å². The van der Waals surface area contributed by atoms with Gasteiger partial charge in [-0.1, -0.05) is 12.1 Å². The summed E-state index contributed by atoms with van der Waals surface area (Å²) in [4.78, 5) is 7.93. The summed E-state index contributed by atoms with van der Waals surface area (Å²) in [5.74, 6) is 2.99. The Hall–Kier alpha value is -0.810. The van der Waals surface area contributed by atoms with Crippen molar-refractivity contribution in [3.05, 3.63) is 29.8 Å². The van der Waals surface area contributed by atoms with E-state index in [0.29, 0.717) is 12.5 Å². The largest absolute Gasteiger partial charge is 0.370 e.